The Kier molecular flexibility index (Phi) is 4.29. The average Bonchev–Trinajstić information content (AvgIpc) is 2.83. The highest BCUT2D eigenvalue weighted by atomic mass is 16.5. The zero-order chi connectivity index (χ0) is 12.8. The Balaban J connectivity index is 2.86. The van der Waals surface area contributed by atoms with Gasteiger partial charge in [0.05, 0.1) is 18.7 Å². The van der Waals surface area contributed by atoms with Crippen LogP contribution in [0, 0.1) is 11.3 Å². The summed E-state index contributed by atoms with van der Waals surface area (Å²) in [5.74, 6) is -0.983. The molecule has 0 saturated carbocycles. The lowest BCUT2D eigenvalue weighted by Gasteiger charge is -2.14. The highest BCUT2D eigenvalue weighted by Gasteiger charge is 2.19. The average molecular weight is 236 g/mol. The summed E-state index contributed by atoms with van der Waals surface area (Å²) < 4.78 is 9.46. The van der Waals surface area contributed by atoms with Gasteiger partial charge in [0.1, 0.15) is 12.8 Å². The Morgan fingerprint density at radius 1 is 1.59 bits per heavy atom. The molecule has 0 aromatic carbocycles. The number of ether oxygens (including phenoxy) is 1. The van der Waals surface area contributed by atoms with Crippen LogP contribution in [0.1, 0.15) is 27.8 Å². The quantitative estimate of drug-likeness (QED) is 0.576. The Hall–Kier alpha value is -2.29. The molecule has 0 spiro atoms. The smallest absolute Gasteiger partial charge is 0.341 e. The molecule has 17 heavy (non-hydrogen) atoms. The first-order valence-corrected chi connectivity index (χ1v) is 4.97. The molecular weight excluding hydrogens is 224 g/mol. The zero-order valence-corrected chi connectivity index (χ0v) is 9.60. The van der Waals surface area contributed by atoms with Crippen LogP contribution in [0.2, 0.25) is 0 Å². The van der Waals surface area contributed by atoms with Gasteiger partial charge >= 0.3 is 5.97 Å². The summed E-state index contributed by atoms with van der Waals surface area (Å²) in [6.45, 7) is 2.11. The van der Waals surface area contributed by atoms with Crippen molar-refractivity contribution in [3.8, 4) is 6.07 Å². The van der Waals surface area contributed by atoms with Gasteiger partial charge in [0.2, 0.25) is 0 Å². The third-order valence-corrected chi connectivity index (χ3v) is 2.16. The van der Waals surface area contributed by atoms with Gasteiger partial charge in [-0.1, -0.05) is 0 Å². The molecule has 1 aromatic heterocycles. The Morgan fingerprint density at radius 2 is 2.29 bits per heavy atom. The van der Waals surface area contributed by atoms with E-state index in [1.54, 1.807) is 6.92 Å². The van der Waals surface area contributed by atoms with Crippen LogP contribution < -0.4 is 0 Å². The molecule has 0 saturated heterocycles. The summed E-state index contributed by atoms with van der Waals surface area (Å²) in [5.41, 5.74) is 0.170. The van der Waals surface area contributed by atoms with Crippen LogP contribution in [-0.4, -0.2) is 37.0 Å². The zero-order valence-electron chi connectivity index (χ0n) is 9.60. The van der Waals surface area contributed by atoms with E-state index in [4.69, 9.17) is 9.68 Å². The van der Waals surface area contributed by atoms with Gasteiger partial charge in [-0.15, -0.1) is 0 Å². The maximum atomic E-state index is 11.8. The first-order valence-electron chi connectivity index (χ1n) is 4.97. The number of carbonyl (C=O) groups excluding carboxylic acids is 2. The number of methoxy groups -OCH3 is 1. The fourth-order valence-corrected chi connectivity index (χ4v) is 1.24. The van der Waals surface area contributed by atoms with Gasteiger partial charge < -0.3 is 14.1 Å². The Bertz CT molecular complexity index is 458. The van der Waals surface area contributed by atoms with Crippen molar-refractivity contribution >= 4 is 11.9 Å². The van der Waals surface area contributed by atoms with E-state index in [1.165, 1.54) is 18.1 Å². The Morgan fingerprint density at radius 3 is 2.82 bits per heavy atom. The van der Waals surface area contributed by atoms with E-state index in [0.717, 1.165) is 6.26 Å². The van der Waals surface area contributed by atoms with E-state index in [-0.39, 0.29) is 17.9 Å². The summed E-state index contributed by atoms with van der Waals surface area (Å²) in [5, 5.41) is 8.55. The van der Waals surface area contributed by atoms with Crippen molar-refractivity contribution in [3.05, 3.63) is 23.7 Å². The topological polar surface area (TPSA) is 83.5 Å². The molecule has 0 aliphatic rings. The van der Waals surface area contributed by atoms with Crippen LogP contribution in [-0.2, 0) is 4.74 Å². The molecule has 1 heterocycles. The fraction of sp³-hybridized carbons (Fsp3) is 0.364. The van der Waals surface area contributed by atoms with Crippen LogP contribution in [0.5, 0.6) is 0 Å². The maximum absolute atomic E-state index is 11.8. The molecule has 0 radical (unpaired) electrons. The van der Waals surface area contributed by atoms with E-state index in [0.29, 0.717) is 6.54 Å². The minimum atomic E-state index is -0.573. The highest BCUT2D eigenvalue weighted by Crippen LogP contribution is 2.11. The summed E-state index contributed by atoms with van der Waals surface area (Å²) in [6, 6.07) is 3.18. The molecule has 1 amide bonds. The predicted octanol–water partition coefficient (Wildman–Crippen LogP) is 1.05. The van der Waals surface area contributed by atoms with Gasteiger partial charge in [-0.2, -0.15) is 5.26 Å². The maximum Gasteiger partial charge on any atom is 0.341 e. The van der Waals surface area contributed by atoms with Crippen molar-refractivity contribution in [2.24, 2.45) is 0 Å². The minimum absolute atomic E-state index is 0.0162. The molecule has 6 nitrogen and oxygen atoms in total. The monoisotopic (exact) mass is 236 g/mol. The molecule has 0 bridgehead atoms. The van der Waals surface area contributed by atoms with Crippen LogP contribution in [0.3, 0.4) is 0 Å². The number of nitrogens with zero attached hydrogens (tertiary/aromatic N) is 2. The number of rotatable bonds is 4. The second-order valence-electron chi connectivity index (χ2n) is 3.17. The number of hydrogen-bond acceptors (Lipinski definition) is 5. The van der Waals surface area contributed by atoms with E-state index in [1.807, 2.05) is 6.07 Å². The molecule has 0 atom stereocenters. The summed E-state index contributed by atoms with van der Waals surface area (Å²) in [6.07, 6.45) is 1.15. The second kappa shape index (κ2) is 5.70. The van der Waals surface area contributed by atoms with Crippen LogP contribution in [0.4, 0.5) is 0 Å². The first kappa shape index (κ1) is 12.8. The largest absolute Gasteiger partial charge is 0.465 e. The summed E-state index contributed by atoms with van der Waals surface area (Å²) in [7, 11) is 1.24. The van der Waals surface area contributed by atoms with Crippen molar-refractivity contribution in [3.63, 3.8) is 0 Å². The van der Waals surface area contributed by atoms with Crippen molar-refractivity contribution in [2.45, 2.75) is 6.92 Å². The Labute approximate surface area is 98.4 Å². The molecule has 0 fully saturated rings. The number of esters is 1. The molecule has 6 heteroatoms. The number of nitriles is 1. The predicted molar refractivity (Wildman–Crippen MR) is 57.2 cm³/mol. The number of hydrogen-bond donors (Lipinski definition) is 0. The van der Waals surface area contributed by atoms with E-state index < -0.39 is 11.9 Å². The fourth-order valence-electron chi connectivity index (χ4n) is 1.24. The standard InChI is InChI=1S/C11H12N2O4/c1-3-13(5-4-12)10(14)9-6-8(7-17-9)11(15)16-2/h6-7H,3,5H2,1-2H3. The van der Waals surface area contributed by atoms with Gasteiger partial charge in [0.15, 0.2) is 5.76 Å². The summed E-state index contributed by atoms with van der Waals surface area (Å²) in [4.78, 5) is 24.3. The van der Waals surface area contributed by atoms with E-state index >= 15 is 0 Å². The van der Waals surface area contributed by atoms with Crippen molar-refractivity contribution < 1.29 is 18.7 Å². The summed E-state index contributed by atoms with van der Waals surface area (Å²) >= 11 is 0. The lowest BCUT2D eigenvalue weighted by Crippen LogP contribution is -2.30. The highest BCUT2D eigenvalue weighted by molar-refractivity contribution is 5.96. The lowest BCUT2D eigenvalue weighted by atomic mass is 10.3. The SMILES string of the molecule is CCN(CC#N)C(=O)c1cc(C(=O)OC)co1. The number of carbonyl (C=O) groups is 2. The van der Waals surface area contributed by atoms with Gasteiger partial charge in [0, 0.05) is 12.6 Å². The van der Waals surface area contributed by atoms with Gasteiger partial charge in [-0.05, 0) is 6.92 Å². The van der Waals surface area contributed by atoms with Crippen LogP contribution in [0.15, 0.2) is 16.7 Å². The van der Waals surface area contributed by atoms with Crippen LogP contribution >= 0.6 is 0 Å². The molecule has 0 aliphatic carbocycles. The minimum Gasteiger partial charge on any atom is -0.465 e. The number of amides is 1. The van der Waals surface area contributed by atoms with E-state index in [9.17, 15) is 9.59 Å². The van der Waals surface area contributed by atoms with E-state index in [2.05, 4.69) is 4.74 Å². The van der Waals surface area contributed by atoms with Crippen molar-refractivity contribution in [1.82, 2.24) is 4.90 Å². The molecule has 0 N–H and O–H groups in total. The van der Waals surface area contributed by atoms with Crippen molar-refractivity contribution in [2.75, 3.05) is 20.2 Å². The lowest BCUT2D eigenvalue weighted by molar-refractivity contribution is 0.0599. The number of furan rings is 1. The first-order chi connectivity index (χ1) is 8.13. The van der Waals surface area contributed by atoms with Gasteiger partial charge in [-0.25, -0.2) is 4.79 Å². The van der Waals surface area contributed by atoms with Gasteiger partial charge in [0.25, 0.3) is 5.91 Å². The van der Waals surface area contributed by atoms with Crippen LogP contribution in [0.25, 0.3) is 0 Å². The van der Waals surface area contributed by atoms with Gasteiger partial charge in [-0.3, -0.25) is 4.79 Å². The molecule has 0 aliphatic heterocycles. The molecule has 1 rings (SSSR count). The molecular formula is C11H12N2O4. The second-order valence-corrected chi connectivity index (χ2v) is 3.17. The normalized spacial score (nSPS) is 9.47. The molecule has 1 aromatic rings. The molecule has 90 valence electrons. The third kappa shape index (κ3) is 2.84. The van der Waals surface area contributed by atoms with Crippen molar-refractivity contribution in [1.29, 1.82) is 5.26 Å². The third-order valence-electron chi connectivity index (χ3n) is 2.16. The molecule has 0 unspecified atom stereocenters.